The maximum Gasteiger partial charge on any atom is 0.251 e. The van der Waals surface area contributed by atoms with Crippen LogP contribution in [0.5, 0.6) is 0 Å². The molecule has 6 aliphatic rings. The van der Waals surface area contributed by atoms with Crippen molar-refractivity contribution >= 4 is 23.6 Å². The van der Waals surface area contributed by atoms with E-state index in [-0.39, 0.29) is 43.5 Å². The summed E-state index contributed by atoms with van der Waals surface area (Å²) in [5.74, 6) is -3.38. The number of carbonyl (C=O) groups excluding carboxylic acids is 4. The predicted molar refractivity (Wildman–Crippen MR) is 269 cm³/mol. The maximum atomic E-state index is 14.3. The fourth-order valence-corrected chi connectivity index (χ4v) is 11.7. The van der Waals surface area contributed by atoms with Crippen molar-refractivity contribution in [1.82, 2.24) is 35.8 Å². The van der Waals surface area contributed by atoms with Crippen LogP contribution in [0.15, 0.2) is 30.5 Å². The van der Waals surface area contributed by atoms with E-state index in [2.05, 4.69) is 26.3 Å². The predicted octanol–water partition coefficient (Wildman–Crippen LogP) is -2.71. The topological polar surface area (TPSA) is 365 Å². The first kappa shape index (κ1) is 60.7. The van der Waals surface area contributed by atoms with Crippen molar-refractivity contribution in [3.05, 3.63) is 36.3 Å². The molecule has 4 amide bonds. The summed E-state index contributed by atoms with van der Waals surface area (Å²) in [4.78, 5) is 56.1. The van der Waals surface area contributed by atoms with Gasteiger partial charge in [0, 0.05) is 45.0 Å². The minimum atomic E-state index is -1.97. The summed E-state index contributed by atoms with van der Waals surface area (Å²) in [7, 11) is 0. The van der Waals surface area contributed by atoms with Gasteiger partial charge in [-0.3, -0.25) is 19.2 Å². The van der Waals surface area contributed by atoms with Crippen molar-refractivity contribution in [2.75, 3.05) is 52.7 Å². The molecule has 11 N–H and O–H groups in total. The molecule has 2 aromatic rings. The van der Waals surface area contributed by atoms with Gasteiger partial charge in [0.15, 0.2) is 12.6 Å². The summed E-state index contributed by atoms with van der Waals surface area (Å²) in [5, 5.41) is 105. The Kier molecular flexibility index (Phi) is 20.8. The molecule has 5 heterocycles. The smallest absolute Gasteiger partial charge is 0.251 e. The average Bonchev–Trinajstić information content (AvgIpc) is 3.96. The summed E-state index contributed by atoms with van der Waals surface area (Å²) in [5.41, 5.74) is -1.35. The number of rotatable bonds is 21. The van der Waals surface area contributed by atoms with Crippen LogP contribution in [0, 0.1) is 17.7 Å². The molecule has 0 spiro atoms. The van der Waals surface area contributed by atoms with E-state index >= 15 is 0 Å². The zero-order valence-electron chi connectivity index (χ0n) is 44.6. The number of hydrogen-bond acceptors (Lipinski definition) is 21. The molecule has 4 aliphatic heterocycles. The molecule has 0 radical (unpaired) electrons. The summed E-state index contributed by atoms with van der Waals surface area (Å²) in [6.07, 6.45) is -13.0. The third kappa shape index (κ3) is 14.4. The van der Waals surface area contributed by atoms with E-state index in [0.717, 1.165) is 38.5 Å². The fourth-order valence-electron chi connectivity index (χ4n) is 11.7. The molecule has 79 heavy (non-hydrogen) atoms. The first-order valence-electron chi connectivity index (χ1n) is 27.4. The van der Waals surface area contributed by atoms with Crippen molar-refractivity contribution in [3.8, 4) is 11.3 Å². The lowest BCUT2D eigenvalue weighted by atomic mass is 9.80. The minimum absolute atomic E-state index is 0.107. The molecule has 12 unspecified atom stereocenters. The summed E-state index contributed by atoms with van der Waals surface area (Å²) >= 11 is 0. The largest absolute Gasteiger partial charge is 0.394 e. The van der Waals surface area contributed by atoms with E-state index in [1.165, 1.54) is 49.8 Å². The second-order valence-corrected chi connectivity index (χ2v) is 21.9. The molecule has 19 atom stereocenters. The third-order valence-electron chi connectivity index (χ3n) is 16.0. The quantitative estimate of drug-likeness (QED) is 0.0566. The van der Waals surface area contributed by atoms with Gasteiger partial charge in [0.25, 0.3) is 5.91 Å². The molecule has 442 valence electrons. The van der Waals surface area contributed by atoms with Crippen molar-refractivity contribution in [3.63, 3.8) is 0 Å². The number of aromatic nitrogens is 3. The number of nitrogens with one attached hydrogen (secondary N) is 3. The first-order valence-corrected chi connectivity index (χ1v) is 27.4. The summed E-state index contributed by atoms with van der Waals surface area (Å²) < 4.78 is 58.5. The number of benzene rings is 1. The van der Waals surface area contributed by atoms with E-state index in [1.807, 2.05) is 0 Å². The monoisotopic (exact) mass is 1120 g/mol. The lowest BCUT2D eigenvalue weighted by molar-refractivity contribution is -0.335. The van der Waals surface area contributed by atoms with Gasteiger partial charge < -0.3 is 94.9 Å². The van der Waals surface area contributed by atoms with Crippen LogP contribution < -0.4 is 16.0 Å². The van der Waals surface area contributed by atoms with Crippen molar-refractivity contribution in [2.45, 2.75) is 188 Å². The third-order valence-corrected chi connectivity index (χ3v) is 16.0. The Hall–Kier alpha value is -4.43. The second-order valence-electron chi connectivity index (χ2n) is 21.9. The molecule has 26 nitrogen and oxygen atoms in total. The van der Waals surface area contributed by atoms with E-state index in [1.54, 1.807) is 11.0 Å². The lowest BCUT2D eigenvalue weighted by Gasteiger charge is -2.49. The fraction of sp³-hybridized carbons (Fsp3) is 0.769. The standard InChI is InChI=1S/C52H78FN7O19/c1-26-40(65)43(68)44(69)51(75-26)79-45-33(55-27(2)63)19-31(48(70)54-13-16-73-24-52(72)25-74-37(22-61)42(67)47(52)60-21-34(57-58-60)30-11-7-12-32(53)18-30)20-35(45)77-50-39(56-28(3)64)46(41(66)38(23-62)78-50)76-36(49(71)59-14-8-15-59)17-29-9-5-4-6-10-29/h7,11-12,18,21,26,29,31,33,35-47,50-51,61-62,65-69,72H,4-6,8-10,13-17,19-20,22-25H2,1-3H3,(H,54,70)(H,55,63)(H,56,64)/t26?,31?,33?,35-,36+,37?,38?,39?,40-,41+,42-,43?,44?,45?,46?,47?,50-,51+,52?/m1/s1. The van der Waals surface area contributed by atoms with Crippen molar-refractivity contribution in [2.24, 2.45) is 11.8 Å². The van der Waals surface area contributed by atoms with Crippen LogP contribution >= 0.6 is 0 Å². The van der Waals surface area contributed by atoms with E-state index in [0.29, 0.717) is 25.1 Å². The van der Waals surface area contributed by atoms with Crippen LogP contribution in [0.2, 0.25) is 0 Å². The number of aliphatic hydroxyl groups is 8. The Morgan fingerprint density at radius 3 is 2.27 bits per heavy atom. The van der Waals surface area contributed by atoms with Crippen LogP contribution in [-0.4, -0.2) is 241 Å². The number of nitrogens with zero attached hydrogens (tertiary/aromatic N) is 4. The van der Waals surface area contributed by atoms with Gasteiger partial charge in [0.1, 0.15) is 90.2 Å². The Balaban J connectivity index is 1.01. The summed E-state index contributed by atoms with van der Waals surface area (Å²) in [6.45, 7) is 2.34. The molecule has 1 aromatic carbocycles. The highest BCUT2D eigenvalue weighted by molar-refractivity contribution is 5.82. The molecule has 6 fully saturated rings. The van der Waals surface area contributed by atoms with Gasteiger partial charge in [-0.25, -0.2) is 9.07 Å². The highest BCUT2D eigenvalue weighted by Crippen LogP contribution is 2.39. The van der Waals surface area contributed by atoms with Gasteiger partial charge in [0.2, 0.25) is 17.7 Å². The summed E-state index contributed by atoms with van der Waals surface area (Å²) in [6, 6.07) is 1.85. The average molecular weight is 1120 g/mol. The zero-order valence-corrected chi connectivity index (χ0v) is 44.6. The molecule has 2 aliphatic carbocycles. The number of hydrogen-bond donors (Lipinski definition) is 11. The van der Waals surface area contributed by atoms with Gasteiger partial charge in [-0.15, -0.1) is 5.10 Å². The van der Waals surface area contributed by atoms with Crippen LogP contribution in [0.1, 0.15) is 84.6 Å². The van der Waals surface area contributed by atoms with Crippen molar-refractivity contribution < 1.29 is 97.6 Å². The van der Waals surface area contributed by atoms with Crippen LogP contribution in [0.25, 0.3) is 11.3 Å². The Bertz CT molecular complexity index is 2350. The number of amides is 4. The van der Waals surface area contributed by atoms with Crippen LogP contribution in [0.3, 0.4) is 0 Å². The molecule has 27 heteroatoms. The highest BCUT2D eigenvalue weighted by Gasteiger charge is 2.55. The molecular formula is C52H78FN7O19. The number of carbonyl (C=O) groups is 4. The van der Waals surface area contributed by atoms with Gasteiger partial charge in [-0.2, -0.15) is 0 Å². The second kappa shape index (κ2) is 27.1. The normalized spacial score (nSPS) is 36.7. The SMILES string of the molecule is CC(=O)NC1CC(C(=O)NCCOCC2(O)COC(CO)[C@@H](O)C2n2cc(-c3cccc(F)c3)nn2)C[C@@H](O[C@@H]2OC(CO)[C@H](O)C(O[C@@H](CC3CCCCC3)C(=O)N3CCC3)C2NC(C)=O)C1O[C@@H]1OC(C)[C@@H](O)C(O)C1O. The van der Waals surface area contributed by atoms with E-state index < -0.39 is 165 Å². The number of aliphatic hydroxyl groups excluding tert-OH is 7. The Morgan fingerprint density at radius 1 is 0.861 bits per heavy atom. The molecule has 2 saturated carbocycles. The van der Waals surface area contributed by atoms with E-state index in [4.69, 9.17) is 33.2 Å². The number of ether oxygens (including phenoxy) is 7. The number of likely N-dealkylation sites (tertiary alicyclic amines) is 1. The highest BCUT2D eigenvalue weighted by atomic mass is 19.1. The number of halogens is 1. The van der Waals surface area contributed by atoms with Gasteiger partial charge in [0.05, 0.1) is 57.5 Å². The van der Waals surface area contributed by atoms with Crippen LogP contribution in [0.4, 0.5) is 4.39 Å². The lowest BCUT2D eigenvalue weighted by Crippen LogP contribution is -2.68. The maximum absolute atomic E-state index is 14.3. The van der Waals surface area contributed by atoms with Gasteiger partial charge >= 0.3 is 0 Å². The van der Waals surface area contributed by atoms with Crippen LogP contribution in [-0.2, 0) is 52.3 Å². The van der Waals surface area contributed by atoms with Gasteiger partial charge in [-0.1, -0.05) is 49.5 Å². The Labute approximate surface area is 456 Å². The molecular weight excluding hydrogens is 1050 g/mol. The molecule has 1 aromatic heterocycles. The minimum Gasteiger partial charge on any atom is -0.394 e. The molecule has 0 bridgehead atoms. The first-order chi connectivity index (χ1) is 37.8. The van der Waals surface area contributed by atoms with E-state index in [9.17, 15) is 64.4 Å². The molecule has 4 saturated heterocycles. The van der Waals surface area contributed by atoms with Gasteiger partial charge in [-0.05, 0) is 50.7 Å². The Morgan fingerprint density at radius 2 is 1.59 bits per heavy atom. The van der Waals surface area contributed by atoms with Crippen molar-refractivity contribution in [1.29, 1.82) is 0 Å². The molecule has 8 rings (SSSR count). The zero-order chi connectivity index (χ0) is 56.7.